The number of sulfonamides is 1. The van der Waals surface area contributed by atoms with Crippen LogP contribution in [0.2, 0.25) is 0 Å². The lowest BCUT2D eigenvalue weighted by Crippen LogP contribution is -2.43. The summed E-state index contributed by atoms with van der Waals surface area (Å²) in [6.07, 6.45) is 5.67. The Bertz CT molecular complexity index is 877. The van der Waals surface area contributed by atoms with Crippen LogP contribution in [0, 0.1) is 0 Å². The molecule has 0 radical (unpaired) electrons. The van der Waals surface area contributed by atoms with Crippen molar-refractivity contribution >= 4 is 22.1 Å². The van der Waals surface area contributed by atoms with Crippen molar-refractivity contribution in [2.24, 2.45) is 0 Å². The Morgan fingerprint density at radius 2 is 2.12 bits per heavy atom. The monoisotopic (exact) mass is 364 g/mol. The number of hydrogen-bond acceptors (Lipinski definition) is 6. The van der Waals surface area contributed by atoms with Gasteiger partial charge < -0.3 is 9.73 Å². The molecule has 2 aromatic rings. The van der Waals surface area contributed by atoms with Gasteiger partial charge in [-0.1, -0.05) is 6.07 Å². The van der Waals surface area contributed by atoms with Crippen LogP contribution < -0.4 is 5.32 Å². The van der Waals surface area contributed by atoms with Crippen LogP contribution in [-0.2, 0) is 16.6 Å². The zero-order chi connectivity index (χ0) is 18.0. The highest BCUT2D eigenvalue weighted by Crippen LogP contribution is 2.17. The maximum atomic E-state index is 12.1. The number of pyridine rings is 1. The number of amides is 4. The lowest BCUT2D eigenvalue weighted by molar-refractivity contribution is 0.193. The van der Waals surface area contributed by atoms with E-state index in [-0.39, 0.29) is 19.6 Å². The second-order valence-corrected chi connectivity index (χ2v) is 7.40. The summed E-state index contributed by atoms with van der Waals surface area (Å²) in [7, 11) is -3.67. The first-order chi connectivity index (χ1) is 11.9. The summed E-state index contributed by atoms with van der Waals surface area (Å²) in [5, 5.41) is 2.58. The van der Waals surface area contributed by atoms with Gasteiger partial charge in [-0.15, -0.1) is 0 Å². The number of carbonyl (C=O) groups excluding carboxylic acids is 2. The van der Waals surface area contributed by atoms with Gasteiger partial charge in [0.15, 0.2) is 0 Å². The number of carbonyl (C=O) groups is 2. The zero-order valence-corrected chi connectivity index (χ0v) is 14.2. The lowest BCUT2D eigenvalue weighted by Gasteiger charge is -2.16. The molecule has 2 aromatic heterocycles. The topological polar surface area (TPSA) is 113 Å². The average molecular weight is 364 g/mol. The normalized spacial score (nSPS) is 14.8. The fourth-order valence-corrected chi connectivity index (χ4v) is 3.19. The number of rotatable bonds is 4. The van der Waals surface area contributed by atoms with Crippen molar-refractivity contribution in [2.45, 2.75) is 6.54 Å². The summed E-state index contributed by atoms with van der Waals surface area (Å²) in [5.74, 6) is 0. The summed E-state index contributed by atoms with van der Waals surface area (Å²) < 4.78 is 28.6. The molecule has 3 heterocycles. The third kappa shape index (κ3) is 3.63. The van der Waals surface area contributed by atoms with Crippen LogP contribution in [0.1, 0.15) is 5.56 Å². The number of aromatic nitrogens is 1. The first-order valence-electron chi connectivity index (χ1n) is 7.41. The highest BCUT2D eigenvalue weighted by Gasteiger charge is 2.37. The van der Waals surface area contributed by atoms with Gasteiger partial charge in [0.1, 0.15) is 0 Å². The molecule has 0 bridgehead atoms. The number of nitrogens with zero attached hydrogens (tertiary/aromatic N) is 3. The molecule has 1 aliphatic rings. The van der Waals surface area contributed by atoms with E-state index < -0.39 is 22.1 Å². The largest absolute Gasteiger partial charge is 0.472 e. The molecule has 0 atom stereocenters. The summed E-state index contributed by atoms with van der Waals surface area (Å²) in [6, 6.07) is 3.89. The van der Waals surface area contributed by atoms with E-state index in [0.29, 0.717) is 4.31 Å². The number of nitrogens with one attached hydrogen (secondary N) is 1. The molecule has 0 saturated carbocycles. The van der Waals surface area contributed by atoms with Crippen LogP contribution in [0.3, 0.4) is 0 Å². The standard InChI is InChI=1S/C15H16N4O5S/c1-25(22,23)19-6-5-18(15(19)21)14(20)17-9-11-2-3-13(16-8-11)12-4-7-24-10-12/h2-4,7-8,10H,5-6,9H2,1H3,(H,17,20). The van der Waals surface area contributed by atoms with Crippen molar-refractivity contribution in [3.05, 3.63) is 42.5 Å². The van der Waals surface area contributed by atoms with Gasteiger partial charge in [-0.3, -0.25) is 4.98 Å². The zero-order valence-electron chi connectivity index (χ0n) is 13.4. The van der Waals surface area contributed by atoms with E-state index in [9.17, 15) is 18.0 Å². The average Bonchev–Trinajstić information content (AvgIpc) is 3.22. The van der Waals surface area contributed by atoms with Gasteiger partial charge in [0, 0.05) is 18.3 Å². The molecule has 132 valence electrons. The van der Waals surface area contributed by atoms with Gasteiger partial charge in [-0.25, -0.2) is 27.2 Å². The van der Waals surface area contributed by atoms with Crippen molar-refractivity contribution < 1.29 is 22.4 Å². The van der Waals surface area contributed by atoms with Crippen molar-refractivity contribution in [3.8, 4) is 11.3 Å². The third-order valence-corrected chi connectivity index (χ3v) is 4.84. The van der Waals surface area contributed by atoms with Crippen molar-refractivity contribution in [1.82, 2.24) is 19.5 Å². The SMILES string of the molecule is CS(=O)(=O)N1CCN(C(=O)NCc2ccc(-c3ccoc3)nc2)C1=O. The first-order valence-corrected chi connectivity index (χ1v) is 9.25. The molecule has 0 unspecified atom stereocenters. The maximum Gasteiger partial charge on any atom is 0.341 e. The predicted molar refractivity (Wildman–Crippen MR) is 87.8 cm³/mol. The van der Waals surface area contributed by atoms with Crippen LogP contribution in [-0.4, -0.2) is 54.0 Å². The number of imide groups is 1. The van der Waals surface area contributed by atoms with Crippen LogP contribution in [0.4, 0.5) is 9.59 Å². The molecule has 0 spiro atoms. The van der Waals surface area contributed by atoms with Crippen molar-refractivity contribution in [2.75, 3.05) is 19.3 Å². The molecule has 4 amide bonds. The van der Waals surface area contributed by atoms with Gasteiger partial charge in [0.05, 0.1) is 37.6 Å². The van der Waals surface area contributed by atoms with E-state index in [2.05, 4.69) is 10.3 Å². The van der Waals surface area contributed by atoms with E-state index in [1.54, 1.807) is 36.9 Å². The summed E-state index contributed by atoms with van der Waals surface area (Å²) in [5.41, 5.74) is 2.33. The van der Waals surface area contributed by atoms with E-state index in [0.717, 1.165) is 28.0 Å². The van der Waals surface area contributed by atoms with Crippen LogP contribution in [0.5, 0.6) is 0 Å². The van der Waals surface area contributed by atoms with Gasteiger partial charge in [-0.2, -0.15) is 0 Å². The first kappa shape index (κ1) is 17.0. The summed E-state index contributed by atoms with van der Waals surface area (Å²) in [4.78, 5) is 29.2. The van der Waals surface area contributed by atoms with Gasteiger partial charge >= 0.3 is 12.1 Å². The highest BCUT2D eigenvalue weighted by atomic mass is 32.2. The Morgan fingerprint density at radius 1 is 1.32 bits per heavy atom. The molecule has 3 rings (SSSR count). The van der Waals surface area contributed by atoms with E-state index in [4.69, 9.17) is 4.42 Å². The quantitative estimate of drug-likeness (QED) is 0.873. The number of hydrogen-bond donors (Lipinski definition) is 1. The Kier molecular flexibility index (Phi) is 4.45. The van der Waals surface area contributed by atoms with Crippen LogP contribution in [0.25, 0.3) is 11.3 Å². The second-order valence-electron chi connectivity index (χ2n) is 5.49. The predicted octanol–water partition coefficient (Wildman–Crippen LogP) is 1.25. The molecule has 1 fully saturated rings. The molecule has 25 heavy (non-hydrogen) atoms. The van der Waals surface area contributed by atoms with E-state index in [1.165, 1.54) is 0 Å². The Morgan fingerprint density at radius 3 is 2.68 bits per heavy atom. The minimum absolute atomic E-state index is 0.0232. The lowest BCUT2D eigenvalue weighted by atomic mass is 10.2. The smallest absolute Gasteiger partial charge is 0.341 e. The van der Waals surface area contributed by atoms with Crippen molar-refractivity contribution in [3.63, 3.8) is 0 Å². The minimum atomic E-state index is -3.67. The second kappa shape index (κ2) is 6.55. The van der Waals surface area contributed by atoms with E-state index >= 15 is 0 Å². The third-order valence-electron chi connectivity index (χ3n) is 3.70. The Hall–Kier alpha value is -2.88. The fraction of sp³-hybridized carbons (Fsp3) is 0.267. The Balaban J connectivity index is 1.59. The number of furan rings is 1. The summed E-state index contributed by atoms with van der Waals surface area (Å²) in [6.45, 7) is 0.154. The summed E-state index contributed by atoms with van der Waals surface area (Å²) >= 11 is 0. The maximum absolute atomic E-state index is 12.1. The molecule has 0 aromatic carbocycles. The molecule has 9 nitrogen and oxygen atoms in total. The molecule has 1 N–H and O–H groups in total. The Labute approximate surface area is 144 Å². The minimum Gasteiger partial charge on any atom is -0.472 e. The van der Waals surface area contributed by atoms with Crippen LogP contribution >= 0.6 is 0 Å². The molecular weight excluding hydrogens is 348 g/mol. The fourth-order valence-electron chi connectivity index (χ4n) is 2.40. The molecule has 0 aliphatic carbocycles. The molecule has 1 saturated heterocycles. The molecule has 1 aliphatic heterocycles. The van der Waals surface area contributed by atoms with Crippen molar-refractivity contribution in [1.29, 1.82) is 0 Å². The van der Waals surface area contributed by atoms with Crippen LogP contribution in [0.15, 0.2) is 41.3 Å². The van der Waals surface area contributed by atoms with Gasteiger partial charge in [0.2, 0.25) is 10.0 Å². The molecule has 10 heteroatoms. The molecular formula is C15H16N4O5S. The van der Waals surface area contributed by atoms with E-state index in [1.807, 2.05) is 0 Å². The van der Waals surface area contributed by atoms with Gasteiger partial charge in [0.25, 0.3) is 0 Å². The van der Waals surface area contributed by atoms with Gasteiger partial charge in [-0.05, 0) is 17.7 Å². The highest BCUT2D eigenvalue weighted by molar-refractivity contribution is 7.88. The number of urea groups is 2.